The number of hydrogen-bond acceptors (Lipinski definition) is 2. The fourth-order valence-corrected chi connectivity index (χ4v) is 2.59. The molecule has 0 aliphatic rings. The molecule has 2 heterocycles. The van der Waals surface area contributed by atoms with Crippen LogP contribution in [-0.4, -0.2) is 9.38 Å². The van der Waals surface area contributed by atoms with E-state index in [4.69, 9.17) is 0 Å². The van der Waals surface area contributed by atoms with Crippen molar-refractivity contribution in [3.05, 3.63) is 47.1 Å². The minimum Gasteiger partial charge on any atom is -0.294 e. The van der Waals surface area contributed by atoms with E-state index in [0.717, 1.165) is 16.7 Å². The summed E-state index contributed by atoms with van der Waals surface area (Å²) < 4.78 is 28.1. The topological polar surface area (TPSA) is 17.3 Å². The highest BCUT2D eigenvalue weighted by molar-refractivity contribution is 7.15. The SMILES string of the molecule is Cc1csc2nc(-c3cc(F)cc(F)c3)cn12. The number of benzene rings is 1. The smallest absolute Gasteiger partial charge is 0.194 e. The van der Waals surface area contributed by atoms with Crippen LogP contribution in [0.3, 0.4) is 0 Å². The van der Waals surface area contributed by atoms with Gasteiger partial charge in [-0.15, -0.1) is 11.3 Å². The molecule has 0 spiro atoms. The van der Waals surface area contributed by atoms with Crippen molar-refractivity contribution >= 4 is 16.3 Å². The standard InChI is InChI=1S/C12H8F2N2S/c1-7-6-17-12-15-11(5-16(7)12)8-2-9(13)4-10(14)3-8/h2-6H,1H3. The van der Waals surface area contributed by atoms with Gasteiger partial charge < -0.3 is 0 Å². The Labute approximate surface area is 100 Å². The highest BCUT2D eigenvalue weighted by atomic mass is 32.1. The zero-order valence-electron chi connectivity index (χ0n) is 8.95. The molecule has 3 aromatic rings. The zero-order chi connectivity index (χ0) is 12.0. The van der Waals surface area contributed by atoms with Crippen LogP contribution >= 0.6 is 11.3 Å². The first kappa shape index (κ1) is 10.4. The second-order valence-electron chi connectivity index (χ2n) is 3.81. The Hall–Kier alpha value is -1.75. The van der Waals surface area contributed by atoms with Crippen molar-refractivity contribution in [2.75, 3.05) is 0 Å². The molecule has 0 atom stereocenters. The summed E-state index contributed by atoms with van der Waals surface area (Å²) in [5.74, 6) is -1.18. The molecule has 0 saturated heterocycles. The summed E-state index contributed by atoms with van der Waals surface area (Å²) in [6.45, 7) is 1.96. The van der Waals surface area contributed by atoms with E-state index >= 15 is 0 Å². The third kappa shape index (κ3) is 1.72. The monoisotopic (exact) mass is 250 g/mol. The van der Waals surface area contributed by atoms with E-state index < -0.39 is 11.6 Å². The van der Waals surface area contributed by atoms with Gasteiger partial charge in [0, 0.05) is 28.9 Å². The average Bonchev–Trinajstić information content (AvgIpc) is 2.80. The summed E-state index contributed by atoms with van der Waals surface area (Å²) in [5, 5.41) is 1.98. The maximum Gasteiger partial charge on any atom is 0.194 e. The zero-order valence-corrected chi connectivity index (χ0v) is 9.76. The van der Waals surface area contributed by atoms with Gasteiger partial charge >= 0.3 is 0 Å². The maximum atomic E-state index is 13.1. The van der Waals surface area contributed by atoms with E-state index in [1.54, 1.807) is 6.20 Å². The molecule has 0 fully saturated rings. The van der Waals surface area contributed by atoms with Crippen LogP contribution in [0, 0.1) is 18.6 Å². The van der Waals surface area contributed by atoms with Crippen molar-refractivity contribution < 1.29 is 8.78 Å². The van der Waals surface area contributed by atoms with E-state index in [0.29, 0.717) is 11.3 Å². The number of aromatic nitrogens is 2. The summed E-state index contributed by atoms with van der Waals surface area (Å²) in [7, 11) is 0. The normalized spacial score (nSPS) is 11.2. The first-order chi connectivity index (χ1) is 8.13. The first-order valence-electron chi connectivity index (χ1n) is 5.03. The molecule has 0 aliphatic carbocycles. The molecule has 0 N–H and O–H groups in total. The Morgan fingerprint density at radius 3 is 2.53 bits per heavy atom. The fourth-order valence-electron chi connectivity index (χ4n) is 1.73. The van der Waals surface area contributed by atoms with Gasteiger partial charge in [-0.2, -0.15) is 0 Å². The molecule has 2 aromatic heterocycles. The quantitative estimate of drug-likeness (QED) is 0.644. The summed E-state index contributed by atoms with van der Waals surface area (Å²) in [6, 6.07) is 3.42. The molecule has 0 bridgehead atoms. The lowest BCUT2D eigenvalue weighted by atomic mass is 10.1. The van der Waals surface area contributed by atoms with Crippen molar-refractivity contribution in [1.82, 2.24) is 9.38 Å². The van der Waals surface area contributed by atoms with Crippen molar-refractivity contribution in [3.63, 3.8) is 0 Å². The van der Waals surface area contributed by atoms with Gasteiger partial charge in [0.1, 0.15) is 11.6 Å². The molecular weight excluding hydrogens is 242 g/mol. The largest absolute Gasteiger partial charge is 0.294 e. The molecule has 0 aliphatic heterocycles. The maximum absolute atomic E-state index is 13.1. The van der Waals surface area contributed by atoms with Gasteiger partial charge in [0.15, 0.2) is 4.96 Å². The average molecular weight is 250 g/mol. The molecule has 0 amide bonds. The molecule has 17 heavy (non-hydrogen) atoms. The van der Waals surface area contributed by atoms with Gasteiger partial charge in [0.2, 0.25) is 0 Å². The third-order valence-electron chi connectivity index (χ3n) is 2.55. The van der Waals surface area contributed by atoms with Crippen molar-refractivity contribution in [3.8, 4) is 11.3 Å². The molecule has 0 saturated carbocycles. The van der Waals surface area contributed by atoms with Crippen LogP contribution in [-0.2, 0) is 0 Å². The number of fused-ring (bicyclic) bond motifs is 1. The van der Waals surface area contributed by atoms with Gasteiger partial charge in [-0.3, -0.25) is 4.40 Å². The third-order valence-corrected chi connectivity index (χ3v) is 3.50. The van der Waals surface area contributed by atoms with Gasteiger partial charge in [-0.05, 0) is 19.1 Å². The Kier molecular flexibility index (Phi) is 2.22. The van der Waals surface area contributed by atoms with Crippen LogP contribution in [0.2, 0.25) is 0 Å². The number of rotatable bonds is 1. The fraction of sp³-hybridized carbons (Fsp3) is 0.0833. The molecule has 86 valence electrons. The highest BCUT2D eigenvalue weighted by Gasteiger charge is 2.09. The summed E-state index contributed by atoms with van der Waals surface area (Å²) in [4.78, 5) is 5.16. The molecule has 1 aromatic carbocycles. The lowest BCUT2D eigenvalue weighted by Gasteiger charge is -1.97. The number of halogens is 2. The predicted molar refractivity (Wildman–Crippen MR) is 63.2 cm³/mol. The number of thiazole rings is 1. The Morgan fingerprint density at radius 2 is 1.88 bits per heavy atom. The molecule has 0 unspecified atom stereocenters. The molecule has 0 radical (unpaired) electrons. The molecular formula is C12H8F2N2S. The van der Waals surface area contributed by atoms with Crippen molar-refractivity contribution in [2.24, 2.45) is 0 Å². The summed E-state index contributed by atoms with van der Waals surface area (Å²) >= 11 is 1.50. The summed E-state index contributed by atoms with van der Waals surface area (Å²) in [6.07, 6.45) is 1.79. The Morgan fingerprint density at radius 1 is 1.18 bits per heavy atom. The van der Waals surface area contributed by atoms with Gasteiger partial charge in [-0.25, -0.2) is 13.8 Å². The molecule has 2 nitrogen and oxygen atoms in total. The van der Waals surface area contributed by atoms with Gasteiger partial charge in [-0.1, -0.05) is 0 Å². The Bertz CT molecular complexity index is 679. The number of nitrogens with zero attached hydrogens (tertiary/aromatic N) is 2. The van der Waals surface area contributed by atoms with Crippen LogP contribution in [0.4, 0.5) is 8.78 Å². The lowest BCUT2D eigenvalue weighted by molar-refractivity contribution is 0.584. The van der Waals surface area contributed by atoms with E-state index in [1.807, 2.05) is 16.7 Å². The van der Waals surface area contributed by atoms with Crippen molar-refractivity contribution in [2.45, 2.75) is 6.92 Å². The number of imidazole rings is 1. The van der Waals surface area contributed by atoms with Crippen LogP contribution < -0.4 is 0 Å². The number of hydrogen-bond donors (Lipinski definition) is 0. The van der Waals surface area contributed by atoms with Crippen LogP contribution in [0.25, 0.3) is 16.2 Å². The van der Waals surface area contributed by atoms with Gasteiger partial charge in [0.05, 0.1) is 5.69 Å². The number of aryl methyl sites for hydroxylation is 1. The van der Waals surface area contributed by atoms with E-state index in [2.05, 4.69) is 4.98 Å². The van der Waals surface area contributed by atoms with Crippen LogP contribution in [0.5, 0.6) is 0 Å². The van der Waals surface area contributed by atoms with Crippen LogP contribution in [0.15, 0.2) is 29.8 Å². The van der Waals surface area contributed by atoms with Crippen LogP contribution in [0.1, 0.15) is 5.69 Å². The summed E-state index contributed by atoms with van der Waals surface area (Å²) in [5.41, 5.74) is 2.09. The molecule has 3 rings (SSSR count). The first-order valence-corrected chi connectivity index (χ1v) is 5.91. The predicted octanol–water partition coefficient (Wildman–Crippen LogP) is 3.65. The second kappa shape index (κ2) is 3.63. The highest BCUT2D eigenvalue weighted by Crippen LogP contribution is 2.24. The lowest BCUT2D eigenvalue weighted by Crippen LogP contribution is -1.84. The Balaban J connectivity index is 2.19. The minimum atomic E-state index is -0.590. The van der Waals surface area contributed by atoms with E-state index in [1.165, 1.54) is 23.5 Å². The van der Waals surface area contributed by atoms with E-state index in [9.17, 15) is 8.78 Å². The van der Waals surface area contributed by atoms with Crippen molar-refractivity contribution in [1.29, 1.82) is 0 Å². The van der Waals surface area contributed by atoms with Gasteiger partial charge in [0.25, 0.3) is 0 Å². The second-order valence-corrected chi connectivity index (χ2v) is 4.65. The van der Waals surface area contributed by atoms with E-state index in [-0.39, 0.29) is 0 Å². The molecule has 5 heteroatoms. The minimum absolute atomic E-state index is 0.456.